The summed E-state index contributed by atoms with van der Waals surface area (Å²) in [7, 11) is 4.03. The highest BCUT2D eigenvalue weighted by atomic mass is 32.4. The molecule has 0 aliphatic carbocycles. The summed E-state index contributed by atoms with van der Waals surface area (Å²) >= 11 is 5.38. The minimum Gasteiger partial charge on any atom is -0.335 e. The van der Waals surface area contributed by atoms with Crippen molar-refractivity contribution in [3.8, 4) is 0 Å². The highest BCUT2D eigenvalue weighted by molar-refractivity contribution is 8.11. The van der Waals surface area contributed by atoms with Crippen LogP contribution in [-0.4, -0.2) is 31.0 Å². The largest absolute Gasteiger partial charge is 0.335 e. The van der Waals surface area contributed by atoms with Crippen LogP contribution >= 0.6 is 6.42 Å². The predicted molar refractivity (Wildman–Crippen MR) is 48.0 cm³/mol. The second kappa shape index (κ2) is 2.90. The zero-order valence-corrected chi connectivity index (χ0v) is 8.41. The van der Waals surface area contributed by atoms with Gasteiger partial charge in [0, 0.05) is 6.16 Å². The zero-order chi connectivity index (χ0) is 7.78. The Morgan fingerprint density at radius 1 is 1.60 bits per heavy atom. The van der Waals surface area contributed by atoms with Gasteiger partial charge in [-0.05, 0) is 27.4 Å². The molecule has 2 atom stereocenters. The molecule has 1 aliphatic heterocycles. The quantitative estimate of drug-likeness (QED) is 0.568. The van der Waals surface area contributed by atoms with Gasteiger partial charge >= 0.3 is 0 Å². The van der Waals surface area contributed by atoms with Gasteiger partial charge in [0.2, 0.25) is 0 Å². The van der Waals surface area contributed by atoms with Crippen LogP contribution in [0.25, 0.3) is 0 Å². The summed E-state index contributed by atoms with van der Waals surface area (Å²) in [4.78, 5) is 0. The maximum absolute atomic E-state index is 5.66. The standard InChI is InChI=1S/C6H14NOPS/c1-6-4-5-9(10,8-6)7(2)3/h6H,4-5H2,1-3H3/t6-,9+/m1/s1. The van der Waals surface area contributed by atoms with E-state index in [1.165, 1.54) is 0 Å². The Kier molecular flexibility index (Phi) is 2.51. The fraction of sp³-hybridized carbons (Fsp3) is 1.00. The molecular weight excluding hydrogens is 165 g/mol. The van der Waals surface area contributed by atoms with Crippen LogP contribution in [0.1, 0.15) is 13.3 Å². The lowest BCUT2D eigenvalue weighted by Crippen LogP contribution is -2.08. The van der Waals surface area contributed by atoms with Crippen LogP contribution in [-0.2, 0) is 16.3 Å². The Morgan fingerprint density at radius 3 is 2.40 bits per heavy atom. The molecule has 0 radical (unpaired) electrons. The molecule has 0 N–H and O–H groups in total. The average molecular weight is 179 g/mol. The minimum atomic E-state index is -1.53. The molecule has 60 valence electrons. The number of rotatable bonds is 1. The second-order valence-electron chi connectivity index (χ2n) is 2.91. The molecule has 0 aromatic heterocycles. The van der Waals surface area contributed by atoms with Crippen LogP contribution in [0.15, 0.2) is 0 Å². The first kappa shape index (κ1) is 8.66. The second-order valence-corrected chi connectivity index (χ2v) is 7.36. The lowest BCUT2D eigenvalue weighted by molar-refractivity contribution is 0.260. The summed E-state index contributed by atoms with van der Waals surface area (Å²) < 4.78 is 7.74. The summed E-state index contributed by atoms with van der Waals surface area (Å²) in [5.41, 5.74) is 0. The summed E-state index contributed by atoms with van der Waals surface area (Å²) in [6, 6.07) is 0. The van der Waals surface area contributed by atoms with Crippen molar-refractivity contribution in [1.82, 2.24) is 4.67 Å². The number of hydrogen-bond acceptors (Lipinski definition) is 2. The smallest absolute Gasteiger partial charge is 0.131 e. The maximum Gasteiger partial charge on any atom is 0.131 e. The zero-order valence-electron chi connectivity index (χ0n) is 6.70. The molecule has 0 amide bonds. The molecule has 1 heterocycles. The van der Waals surface area contributed by atoms with E-state index < -0.39 is 6.42 Å². The Balaban J connectivity index is 2.64. The van der Waals surface area contributed by atoms with Crippen LogP contribution in [0.4, 0.5) is 0 Å². The molecule has 1 rings (SSSR count). The van der Waals surface area contributed by atoms with Crippen LogP contribution in [0.5, 0.6) is 0 Å². The van der Waals surface area contributed by atoms with E-state index in [9.17, 15) is 0 Å². The lowest BCUT2D eigenvalue weighted by atomic mass is 10.3. The van der Waals surface area contributed by atoms with E-state index in [1.807, 2.05) is 14.1 Å². The van der Waals surface area contributed by atoms with Crippen molar-refractivity contribution in [2.24, 2.45) is 0 Å². The van der Waals surface area contributed by atoms with Gasteiger partial charge in [0.25, 0.3) is 0 Å². The third-order valence-corrected chi connectivity index (χ3v) is 6.29. The van der Waals surface area contributed by atoms with E-state index in [0.717, 1.165) is 12.6 Å². The van der Waals surface area contributed by atoms with Gasteiger partial charge in [-0.2, -0.15) is 0 Å². The van der Waals surface area contributed by atoms with E-state index in [1.54, 1.807) is 0 Å². The highest BCUT2D eigenvalue weighted by Gasteiger charge is 2.30. The first-order valence-electron chi connectivity index (χ1n) is 3.50. The molecule has 4 heteroatoms. The molecule has 2 nitrogen and oxygen atoms in total. The third kappa shape index (κ3) is 1.59. The van der Waals surface area contributed by atoms with Gasteiger partial charge in [-0.3, -0.25) is 4.67 Å². The van der Waals surface area contributed by atoms with Gasteiger partial charge in [0.15, 0.2) is 0 Å². The van der Waals surface area contributed by atoms with Crippen molar-refractivity contribution in [3.05, 3.63) is 0 Å². The van der Waals surface area contributed by atoms with Crippen molar-refractivity contribution in [2.75, 3.05) is 20.3 Å². The maximum atomic E-state index is 5.66. The molecular formula is C6H14NOPS. The van der Waals surface area contributed by atoms with Crippen LogP contribution in [0.2, 0.25) is 0 Å². The Labute approximate surface area is 67.7 Å². The van der Waals surface area contributed by atoms with Gasteiger partial charge in [-0.15, -0.1) is 0 Å². The third-order valence-electron chi connectivity index (χ3n) is 1.77. The Hall–Kier alpha value is 0.570. The molecule has 1 aliphatic rings. The van der Waals surface area contributed by atoms with Crippen molar-refractivity contribution >= 4 is 18.2 Å². The molecule has 1 fully saturated rings. The first-order chi connectivity index (χ1) is 4.54. The van der Waals surface area contributed by atoms with Crippen molar-refractivity contribution < 1.29 is 4.52 Å². The SMILES string of the molecule is C[C@@H]1CC[P@](=S)(N(C)C)O1. The lowest BCUT2D eigenvalue weighted by Gasteiger charge is -2.23. The van der Waals surface area contributed by atoms with Gasteiger partial charge in [-0.25, -0.2) is 0 Å². The molecule has 1 saturated heterocycles. The molecule has 0 spiro atoms. The fourth-order valence-electron chi connectivity index (χ4n) is 1.03. The summed E-state index contributed by atoms with van der Waals surface area (Å²) in [6.45, 7) is 2.09. The minimum absolute atomic E-state index is 0.383. The van der Waals surface area contributed by atoms with Gasteiger partial charge in [0.1, 0.15) is 6.42 Å². The average Bonchev–Trinajstić information content (AvgIpc) is 2.13. The molecule has 0 bridgehead atoms. The van der Waals surface area contributed by atoms with Crippen LogP contribution in [0.3, 0.4) is 0 Å². The van der Waals surface area contributed by atoms with Crippen molar-refractivity contribution in [1.29, 1.82) is 0 Å². The predicted octanol–water partition coefficient (Wildman–Crippen LogP) is 1.67. The van der Waals surface area contributed by atoms with E-state index >= 15 is 0 Å². The summed E-state index contributed by atoms with van der Waals surface area (Å²) in [6.07, 6.45) is 1.07. The molecule has 0 aromatic carbocycles. The summed E-state index contributed by atoms with van der Waals surface area (Å²) in [5.74, 6) is 0. The molecule has 0 unspecified atom stereocenters. The molecule has 10 heavy (non-hydrogen) atoms. The number of hydrogen-bond donors (Lipinski definition) is 0. The van der Waals surface area contributed by atoms with E-state index in [4.69, 9.17) is 16.3 Å². The first-order valence-corrected chi connectivity index (χ1v) is 6.36. The van der Waals surface area contributed by atoms with Gasteiger partial charge in [-0.1, -0.05) is 11.8 Å². The van der Waals surface area contributed by atoms with Crippen LogP contribution < -0.4 is 0 Å². The van der Waals surface area contributed by atoms with E-state index in [0.29, 0.717) is 6.10 Å². The van der Waals surface area contributed by atoms with Crippen molar-refractivity contribution in [2.45, 2.75) is 19.4 Å². The van der Waals surface area contributed by atoms with Crippen LogP contribution in [0, 0.1) is 0 Å². The van der Waals surface area contributed by atoms with E-state index in [-0.39, 0.29) is 0 Å². The van der Waals surface area contributed by atoms with Gasteiger partial charge < -0.3 is 4.52 Å². The topological polar surface area (TPSA) is 12.5 Å². The van der Waals surface area contributed by atoms with Gasteiger partial charge in [0.05, 0.1) is 6.10 Å². The van der Waals surface area contributed by atoms with E-state index in [2.05, 4.69) is 11.6 Å². The number of nitrogens with zero attached hydrogens (tertiary/aromatic N) is 1. The normalized spacial score (nSPS) is 41.0. The summed E-state index contributed by atoms with van der Waals surface area (Å²) in [5, 5.41) is 0. The fourth-order valence-corrected chi connectivity index (χ4v) is 3.83. The Bertz CT molecular complexity index is 171. The Morgan fingerprint density at radius 2 is 2.20 bits per heavy atom. The molecule has 0 aromatic rings. The highest BCUT2D eigenvalue weighted by Crippen LogP contribution is 2.55. The monoisotopic (exact) mass is 179 g/mol. The van der Waals surface area contributed by atoms with Crippen molar-refractivity contribution in [3.63, 3.8) is 0 Å². The molecule has 0 saturated carbocycles.